The van der Waals surface area contributed by atoms with Crippen molar-refractivity contribution in [3.8, 4) is 17.6 Å². The van der Waals surface area contributed by atoms with Crippen LogP contribution >= 0.6 is 22.6 Å². The Morgan fingerprint density at radius 1 is 1.00 bits per heavy atom. The monoisotopic (exact) mass is 593 g/mol. The van der Waals surface area contributed by atoms with Crippen LogP contribution in [0.3, 0.4) is 0 Å². The fraction of sp³-hybridized carbons (Fsp3) is 0.241. The zero-order chi connectivity index (χ0) is 25.3. The molecule has 0 unspecified atom stereocenters. The van der Waals surface area contributed by atoms with Crippen LogP contribution in [0.25, 0.3) is 6.08 Å². The number of carbonyl (C=O) groups excluding carboxylic acids is 1. The third-order valence-corrected chi connectivity index (χ3v) is 6.71. The van der Waals surface area contributed by atoms with E-state index in [0.717, 1.165) is 33.5 Å². The lowest BCUT2D eigenvalue weighted by Crippen LogP contribution is -2.49. The first-order valence-corrected chi connectivity index (χ1v) is 13.0. The van der Waals surface area contributed by atoms with Crippen molar-refractivity contribution in [2.75, 3.05) is 37.7 Å². The Morgan fingerprint density at radius 3 is 2.31 bits per heavy atom. The first-order valence-electron chi connectivity index (χ1n) is 11.9. The van der Waals surface area contributed by atoms with Crippen LogP contribution in [0.5, 0.6) is 11.5 Å². The quantitative estimate of drug-likeness (QED) is 0.196. The smallest absolute Gasteiger partial charge is 0.264 e. The molecule has 6 nitrogen and oxygen atoms in total. The molecule has 7 heteroatoms. The molecule has 0 bridgehead atoms. The van der Waals surface area contributed by atoms with Crippen LogP contribution in [0.15, 0.2) is 78.4 Å². The number of hydrogen-bond acceptors (Lipinski definition) is 5. The van der Waals surface area contributed by atoms with Crippen LogP contribution in [0.2, 0.25) is 0 Å². The molecule has 1 aliphatic heterocycles. The maximum absolute atomic E-state index is 13.2. The van der Waals surface area contributed by atoms with Crippen molar-refractivity contribution in [2.45, 2.75) is 13.5 Å². The van der Waals surface area contributed by atoms with Gasteiger partial charge in [0.15, 0.2) is 11.5 Å². The Morgan fingerprint density at radius 2 is 1.67 bits per heavy atom. The molecule has 0 spiro atoms. The number of nitrogens with zero attached hydrogens (tertiary/aromatic N) is 3. The fourth-order valence-electron chi connectivity index (χ4n) is 4.09. The van der Waals surface area contributed by atoms with E-state index >= 15 is 0 Å². The van der Waals surface area contributed by atoms with Gasteiger partial charge < -0.3 is 19.3 Å². The molecule has 1 saturated heterocycles. The lowest BCUT2D eigenvalue weighted by molar-refractivity contribution is -0.126. The molecule has 3 aromatic carbocycles. The second-order valence-electron chi connectivity index (χ2n) is 8.32. The molecule has 0 N–H and O–H groups in total. The predicted octanol–water partition coefficient (Wildman–Crippen LogP) is 5.52. The van der Waals surface area contributed by atoms with E-state index in [-0.39, 0.29) is 11.5 Å². The molecule has 0 atom stereocenters. The summed E-state index contributed by atoms with van der Waals surface area (Å²) < 4.78 is 12.8. The van der Waals surface area contributed by atoms with E-state index in [1.54, 1.807) is 11.0 Å². The zero-order valence-electron chi connectivity index (χ0n) is 20.2. The lowest BCUT2D eigenvalue weighted by Gasteiger charge is -2.36. The topological polar surface area (TPSA) is 65.8 Å². The predicted molar refractivity (Wildman–Crippen MR) is 150 cm³/mol. The highest BCUT2D eigenvalue weighted by Crippen LogP contribution is 2.35. The van der Waals surface area contributed by atoms with E-state index in [0.29, 0.717) is 37.8 Å². The summed E-state index contributed by atoms with van der Waals surface area (Å²) in [5.74, 6) is 0.996. The average Bonchev–Trinajstić information content (AvgIpc) is 2.92. The molecule has 1 heterocycles. The number of nitriles is 1. The third kappa shape index (κ3) is 6.38. The summed E-state index contributed by atoms with van der Waals surface area (Å²) >= 11 is 2.20. The standard InChI is InChI=1S/C29H28IN3O3/c1-2-35-27-19-23(18-26(30)28(27)36-21-22-9-5-3-6-10-22)17-24(20-31)29(34)33-15-13-32(14-16-33)25-11-7-4-8-12-25/h3-12,17-19H,2,13-16,21H2,1H3. The summed E-state index contributed by atoms with van der Waals surface area (Å²) in [6.45, 7) is 5.41. The molecule has 0 saturated carbocycles. The minimum Gasteiger partial charge on any atom is -0.490 e. The van der Waals surface area contributed by atoms with Gasteiger partial charge >= 0.3 is 0 Å². The van der Waals surface area contributed by atoms with Crippen LogP contribution in [0, 0.1) is 14.9 Å². The molecule has 1 aliphatic rings. The summed E-state index contributed by atoms with van der Waals surface area (Å²) in [7, 11) is 0. The number of para-hydroxylation sites is 1. The molecule has 4 rings (SSSR count). The lowest BCUT2D eigenvalue weighted by atomic mass is 10.1. The zero-order valence-corrected chi connectivity index (χ0v) is 22.4. The number of piperazine rings is 1. The molecule has 1 amide bonds. The van der Waals surface area contributed by atoms with Gasteiger partial charge in [0.05, 0.1) is 10.2 Å². The normalized spacial score (nSPS) is 13.8. The molecule has 0 radical (unpaired) electrons. The van der Waals surface area contributed by atoms with E-state index in [4.69, 9.17) is 9.47 Å². The molecular formula is C29H28IN3O3. The van der Waals surface area contributed by atoms with Crippen LogP contribution < -0.4 is 14.4 Å². The summed E-state index contributed by atoms with van der Waals surface area (Å²) in [5.41, 5.74) is 3.04. The SMILES string of the molecule is CCOc1cc(C=C(C#N)C(=O)N2CCN(c3ccccc3)CC2)cc(I)c1OCc1ccccc1. The van der Waals surface area contributed by atoms with Gasteiger partial charge in [0, 0.05) is 31.9 Å². The van der Waals surface area contributed by atoms with Crippen molar-refractivity contribution in [3.63, 3.8) is 0 Å². The number of anilines is 1. The van der Waals surface area contributed by atoms with E-state index in [9.17, 15) is 10.1 Å². The van der Waals surface area contributed by atoms with Gasteiger partial charge in [-0.05, 0) is 71.0 Å². The van der Waals surface area contributed by atoms with Crippen molar-refractivity contribution < 1.29 is 14.3 Å². The number of ether oxygens (including phenoxy) is 2. The van der Waals surface area contributed by atoms with Gasteiger partial charge in [-0.3, -0.25) is 4.79 Å². The van der Waals surface area contributed by atoms with Gasteiger partial charge in [0.2, 0.25) is 0 Å². The minimum absolute atomic E-state index is 0.111. The van der Waals surface area contributed by atoms with Crippen molar-refractivity contribution in [3.05, 3.63) is 93.1 Å². The second-order valence-corrected chi connectivity index (χ2v) is 9.48. The molecule has 0 aromatic heterocycles. The van der Waals surface area contributed by atoms with Crippen molar-refractivity contribution in [1.82, 2.24) is 4.90 Å². The number of carbonyl (C=O) groups is 1. The first kappa shape index (κ1) is 25.6. The molecule has 3 aromatic rings. The van der Waals surface area contributed by atoms with E-state index in [2.05, 4.69) is 45.7 Å². The first-order chi connectivity index (χ1) is 17.6. The Labute approximate surface area is 225 Å². The number of hydrogen-bond donors (Lipinski definition) is 0. The van der Waals surface area contributed by atoms with Crippen LogP contribution in [0.4, 0.5) is 5.69 Å². The molecule has 0 aliphatic carbocycles. The highest BCUT2D eigenvalue weighted by atomic mass is 127. The summed E-state index contributed by atoms with van der Waals surface area (Å²) in [6, 6.07) is 25.9. The second kappa shape index (κ2) is 12.5. The molecular weight excluding hydrogens is 565 g/mol. The average molecular weight is 593 g/mol. The Balaban J connectivity index is 1.48. The van der Waals surface area contributed by atoms with Crippen molar-refractivity contribution in [1.29, 1.82) is 5.26 Å². The van der Waals surface area contributed by atoms with E-state index in [1.807, 2.05) is 67.6 Å². The summed E-state index contributed by atoms with van der Waals surface area (Å²) in [4.78, 5) is 17.2. The Kier molecular flexibility index (Phi) is 8.85. The third-order valence-electron chi connectivity index (χ3n) is 5.91. The Hall–Kier alpha value is -3.51. The Bertz CT molecular complexity index is 1250. The van der Waals surface area contributed by atoms with Gasteiger partial charge in [-0.15, -0.1) is 0 Å². The maximum Gasteiger partial charge on any atom is 0.264 e. The van der Waals surface area contributed by atoms with Crippen LogP contribution in [-0.4, -0.2) is 43.6 Å². The van der Waals surface area contributed by atoms with Gasteiger partial charge in [-0.25, -0.2) is 0 Å². The highest BCUT2D eigenvalue weighted by molar-refractivity contribution is 14.1. The van der Waals surface area contributed by atoms with Gasteiger partial charge in [-0.2, -0.15) is 5.26 Å². The van der Waals surface area contributed by atoms with Gasteiger partial charge in [0.25, 0.3) is 5.91 Å². The van der Waals surface area contributed by atoms with Crippen molar-refractivity contribution >= 4 is 40.3 Å². The van der Waals surface area contributed by atoms with Gasteiger partial charge in [0.1, 0.15) is 18.2 Å². The maximum atomic E-state index is 13.2. The number of rotatable bonds is 8. The van der Waals surface area contributed by atoms with Crippen LogP contribution in [-0.2, 0) is 11.4 Å². The fourth-order valence-corrected chi connectivity index (χ4v) is 4.87. The minimum atomic E-state index is -0.248. The van der Waals surface area contributed by atoms with Crippen molar-refractivity contribution in [2.24, 2.45) is 0 Å². The molecule has 184 valence electrons. The largest absolute Gasteiger partial charge is 0.490 e. The van der Waals surface area contributed by atoms with Gasteiger partial charge in [-0.1, -0.05) is 48.5 Å². The number of benzene rings is 3. The number of halogens is 1. The molecule has 36 heavy (non-hydrogen) atoms. The van der Waals surface area contributed by atoms with Crippen LogP contribution in [0.1, 0.15) is 18.1 Å². The highest BCUT2D eigenvalue weighted by Gasteiger charge is 2.24. The summed E-state index contributed by atoms with van der Waals surface area (Å²) in [5, 5.41) is 9.79. The summed E-state index contributed by atoms with van der Waals surface area (Å²) in [6.07, 6.45) is 1.64. The number of amides is 1. The van der Waals surface area contributed by atoms with E-state index in [1.165, 1.54) is 0 Å². The molecule has 1 fully saturated rings. The van der Waals surface area contributed by atoms with E-state index < -0.39 is 0 Å².